The SMILES string of the molecule is Nc1c(Cl)ccc(Cl)c1C(=O)OCC(=O)c1ccccc1. The third-order valence-electron chi connectivity index (χ3n) is 2.78. The number of nitrogen functional groups attached to an aromatic ring is 1. The molecule has 0 saturated heterocycles. The van der Waals surface area contributed by atoms with E-state index in [-0.39, 0.29) is 27.1 Å². The van der Waals surface area contributed by atoms with Crippen LogP contribution in [0.2, 0.25) is 10.0 Å². The van der Waals surface area contributed by atoms with Gasteiger partial charge in [-0.05, 0) is 12.1 Å². The second kappa shape index (κ2) is 6.61. The van der Waals surface area contributed by atoms with Gasteiger partial charge in [-0.3, -0.25) is 4.79 Å². The topological polar surface area (TPSA) is 69.4 Å². The van der Waals surface area contributed by atoms with Crippen molar-refractivity contribution in [2.24, 2.45) is 0 Å². The number of nitrogens with two attached hydrogens (primary N) is 1. The number of esters is 1. The highest BCUT2D eigenvalue weighted by molar-refractivity contribution is 6.38. The van der Waals surface area contributed by atoms with E-state index in [1.165, 1.54) is 12.1 Å². The Hall–Kier alpha value is -2.04. The predicted molar refractivity (Wildman–Crippen MR) is 81.9 cm³/mol. The van der Waals surface area contributed by atoms with Crippen LogP contribution in [-0.2, 0) is 4.74 Å². The molecule has 0 aromatic heterocycles. The highest BCUT2D eigenvalue weighted by atomic mass is 35.5. The fourth-order valence-corrected chi connectivity index (χ4v) is 2.09. The van der Waals surface area contributed by atoms with Crippen molar-refractivity contribution in [3.05, 3.63) is 63.6 Å². The smallest absolute Gasteiger partial charge is 0.342 e. The Labute approximate surface area is 131 Å². The van der Waals surface area contributed by atoms with E-state index in [2.05, 4.69) is 0 Å². The van der Waals surface area contributed by atoms with Crippen molar-refractivity contribution in [3.63, 3.8) is 0 Å². The molecule has 2 rings (SSSR count). The van der Waals surface area contributed by atoms with E-state index >= 15 is 0 Å². The van der Waals surface area contributed by atoms with Crippen molar-refractivity contribution in [1.82, 2.24) is 0 Å². The van der Waals surface area contributed by atoms with Gasteiger partial charge in [-0.1, -0.05) is 53.5 Å². The van der Waals surface area contributed by atoms with Crippen molar-refractivity contribution in [2.75, 3.05) is 12.3 Å². The number of anilines is 1. The molecule has 0 heterocycles. The standard InChI is InChI=1S/C15H11Cl2NO3/c16-10-6-7-11(17)14(18)13(10)15(20)21-8-12(19)9-4-2-1-3-5-9/h1-7H,8,18H2. The molecule has 0 aliphatic heterocycles. The predicted octanol–water partition coefficient (Wildman–Crippen LogP) is 3.62. The lowest BCUT2D eigenvalue weighted by atomic mass is 10.1. The molecule has 0 amide bonds. The third-order valence-corrected chi connectivity index (χ3v) is 3.42. The van der Waals surface area contributed by atoms with E-state index in [1.807, 2.05) is 0 Å². The van der Waals surface area contributed by atoms with Gasteiger partial charge in [0.25, 0.3) is 0 Å². The first kappa shape index (κ1) is 15.4. The number of halogens is 2. The molecule has 6 heteroatoms. The van der Waals surface area contributed by atoms with Crippen LogP contribution in [0, 0.1) is 0 Å². The molecular weight excluding hydrogens is 313 g/mol. The van der Waals surface area contributed by atoms with Gasteiger partial charge in [0.15, 0.2) is 12.4 Å². The van der Waals surface area contributed by atoms with Crippen LogP contribution >= 0.6 is 23.2 Å². The average Bonchev–Trinajstić information content (AvgIpc) is 2.50. The van der Waals surface area contributed by atoms with Crippen LogP contribution in [-0.4, -0.2) is 18.4 Å². The van der Waals surface area contributed by atoms with Gasteiger partial charge in [-0.2, -0.15) is 0 Å². The zero-order valence-electron chi connectivity index (χ0n) is 10.8. The summed E-state index contributed by atoms with van der Waals surface area (Å²) in [5.74, 6) is -1.11. The molecule has 108 valence electrons. The van der Waals surface area contributed by atoms with Crippen LogP contribution in [0.5, 0.6) is 0 Å². The number of carbonyl (C=O) groups is 2. The number of rotatable bonds is 4. The molecule has 0 unspecified atom stereocenters. The van der Waals surface area contributed by atoms with Gasteiger partial charge in [0.05, 0.1) is 15.7 Å². The lowest BCUT2D eigenvalue weighted by molar-refractivity contribution is 0.0476. The van der Waals surface area contributed by atoms with E-state index in [0.717, 1.165) is 0 Å². The Morgan fingerprint density at radius 3 is 2.29 bits per heavy atom. The van der Waals surface area contributed by atoms with E-state index in [0.29, 0.717) is 5.56 Å². The Morgan fingerprint density at radius 2 is 1.62 bits per heavy atom. The van der Waals surface area contributed by atoms with Crippen LogP contribution < -0.4 is 5.73 Å². The maximum Gasteiger partial charge on any atom is 0.342 e. The van der Waals surface area contributed by atoms with Gasteiger partial charge < -0.3 is 10.5 Å². The number of benzene rings is 2. The first-order valence-corrected chi connectivity index (χ1v) is 6.75. The van der Waals surface area contributed by atoms with Gasteiger partial charge in [-0.25, -0.2) is 4.79 Å². The Balaban J connectivity index is 2.10. The Bertz CT molecular complexity index is 687. The molecule has 2 aromatic rings. The molecule has 0 saturated carbocycles. The Kier molecular flexibility index (Phi) is 4.83. The first-order valence-electron chi connectivity index (χ1n) is 5.99. The lowest BCUT2D eigenvalue weighted by Gasteiger charge is -2.09. The van der Waals surface area contributed by atoms with Gasteiger partial charge >= 0.3 is 5.97 Å². The number of ether oxygens (including phenoxy) is 1. The molecule has 0 radical (unpaired) electrons. The van der Waals surface area contributed by atoms with Gasteiger partial charge in [0, 0.05) is 5.56 Å². The normalized spacial score (nSPS) is 10.2. The molecule has 0 aliphatic carbocycles. The summed E-state index contributed by atoms with van der Waals surface area (Å²) in [6.45, 7) is -0.398. The van der Waals surface area contributed by atoms with Crippen LogP contribution in [0.15, 0.2) is 42.5 Å². The molecular formula is C15H11Cl2NO3. The van der Waals surface area contributed by atoms with Gasteiger partial charge in [0.1, 0.15) is 5.56 Å². The average molecular weight is 324 g/mol. The van der Waals surface area contributed by atoms with Crippen LogP contribution in [0.3, 0.4) is 0 Å². The van der Waals surface area contributed by atoms with Crippen molar-refractivity contribution in [2.45, 2.75) is 0 Å². The highest BCUT2D eigenvalue weighted by Gasteiger charge is 2.19. The summed E-state index contributed by atoms with van der Waals surface area (Å²) < 4.78 is 4.95. The second-order valence-electron chi connectivity index (χ2n) is 4.18. The molecule has 0 bridgehead atoms. The number of ketones is 1. The molecule has 0 aliphatic rings. The molecule has 2 aromatic carbocycles. The third kappa shape index (κ3) is 3.54. The zero-order valence-corrected chi connectivity index (χ0v) is 12.3. The van der Waals surface area contributed by atoms with Gasteiger partial charge in [0.2, 0.25) is 0 Å². The van der Waals surface area contributed by atoms with E-state index < -0.39 is 12.6 Å². The minimum Gasteiger partial charge on any atom is -0.454 e. The molecule has 0 fully saturated rings. The number of carbonyl (C=O) groups excluding carboxylic acids is 2. The number of Topliss-reactive ketones (excluding diaryl/α,β-unsaturated/α-hetero) is 1. The summed E-state index contributed by atoms with van der Waals surface area (Å²) in [6.07, 6.45) is 0. The van der Waals surface area contributed by atoms with Crippen molar-refractivity contribution < 1.29 is 14.3 Å². The largest absolute Gasteiger partial charge is 0.454 e. The molecule has 4 nitrogen and oxygen atoms in total. The van der Waals surface area contributed by atoms with Crippen molar-refractivity contribution >= 4 is 40.6 Å². The lowest BCUT2D eigenvalue weighted by Crippen LogP contribution is -2.16. The molecule has 0 spiro atoms. The van der Waals surface area contributed by atoms with Gasteiger partial charge in [-0.15, -0.1) is 0 Å². The Morgan fingerprint density at radius 1 is 1.00 bits per heavy atom. The van der Waals surface area contributed by atoms with E-state index in [1.54, 1.807) is 30.3 Å². The quantitative estimate of drug-likeness (QED) is 0.530. The number of hydrogen-bond donors (Lipinski definition) is 1. The van der Waals surface area contributed by atoms with Crippen LogP contribution in [0.4, 0.5) is 5.69 Å². The van der Waals surface area contributed by atoms with E-state index in [4.69, 9.17) is 33.7 Å². The fourth-order valence-electron chi connectivity index (χ4n) is 1.69. The second-order valence-corrected chi connectivity index (χ2v) is 5.00. The summed E-state index contributed by atoms with van der Waals surface area (Å²) in [4.78, 5) is 23.8. The molecule has 0 atom stereocenters. The highest BCUT2D eigenvalue weighted by Crippen LogP contribution is 2.29. The summed E-state index contributed by atoms with van der Waals surface area (Å²) in [5.41, 5.74) is 6.15. The monoisotopic (exact) mass is 323 g/mol. The van der Waals surface area contributed by atoms with Crippen LogP contribution in [0.1, 0.15) is 20.7 Å². The summed E-state index contributed by atoms with van der Waals surface area (Å²) >= 11 is 11.7. The maximum absolute atomic E-state index is 12.0. The minimum atomic E-state index is -0.788. The minimum absolute atomic E-state index is 0.0290. The summed E-state index contributed by atoms with van der Waals surface area (Å²) in [7, 11) is 0. The van der Waals surface area contributed by atoms with Crippen molar-refractivity contribution in [3.8, 4) is 0 Å². The maximum atomic E-state index is 12.0. The molecule has 2 N–H and O–H groups in total. The zero-order chi connectivity index (χ0) is 15.4. The number of hydrogen-bond acceptors (Lipinski definition) is 4. The fraction of sp³-hybridized carbons (Fsp3) is 0.0667. The first-order chi connectivity index (χ1) is 10.0. The molecule has 21 heavy (non-hydrogen) atoms. The van der Waals surface area contributed by atoms with Crippen LogP contribution in [0.25, 0.3) is 0 Å². The summed E-state index contributed by atoms with van der Waals surface area (Å²) in [5, 5.41) is 0.315. The van der Waals surface area contributed by atoms with E-state index in [9.17, 15) is 9.59 Å². The summed E-state index contributed by atoms with van der Waals surface area (Å²) in [6, 6.07) is 11.4. The van der Waals surface area contributed by atoms with Crippen molar-refractivity contribution in [1.29, 1.82) is 0 Å².